The summed E-state index contributed by atoms with van der Waals surface area (Å²) in [4.78, 5) is 12.3. The van der Waals surface area contributed by atoms with Crippen LogP contribution in [0.4, 0.5) is 4.39 Å². The van der Waals surface area contributed by atoms with E-state index in [2.05, 4.69) is 15.9 Å². The quantitative estimate of drug-likeness (QED) is 0.566. The van der Waals surface area contributed by atoms with Crippen molar-refractivity contribution in [3.8, 4) is 0 Å². The summed E-state index contributed by atoms with van der Waals surface area (Å²) in [5.41, 5.74) is 1.16. The zero-order chi connectivity index (χ0) is 17.9. The van der Waals surface area contributed by atoms with Crippen molar-refractivity contribution in [3.63, 3.8) is 0 Å². The molecule has 2 aromatic rings. The van der Waals surface area contributed by atoms with E-state index in [0.29, 0.717) is 0 Å². The van der Waals surface area contributed by atoms with E-state index >= 15 is 0 Å². The lowest BCUT2D eigenvalue weighted by atomic mass is 9.88. The van der Waals surface area contributed by atoms with Gasteiger partial charge in [-0.05, 0) is 56.2 Å². The van der Waals surface area contributed by atoms with Gasteiger partial charge in [0, 0.05) is 10.4 Å². The fourth-order valence-corrected chi connectivity index (χ4v) is 2.86. The van der Waals surface area contributed by atoms with Gasteiger partial charge in [0.1, 0.15) is 11.4 Å². The second kappa shape index (κ2) is 7.66. The molecule has 1 atom stereocenters. The van der Waals surface area contributed by atoms with Crippen LogP contribution in [0.2, 0.25) is 5.02 Å². The molecular weight excluding hydrogens is 395 g/mol. The van der Waals surface area contributed by atoms with Crippen molar-refractivity contribution in [2.24, 2.45) is 0 Å². The highest BCUT2D eigenvalue weighted by Gasteiger charge is 2.23. The van der Waals surface area contributed by atoms with Gasteiger partial charge < -0.3 is 4.74 Å². The molecule has 0 fully saturated rings. The van der Waals surface area contributed by atoms with E-state index in [1.165, 1.54) is 6.07 Å². The topological polar surface area (TPSA) is 26.3 Å². The molecule has 2 aromatic carbocycles. The molecule has 0 radical (unpaired) electrons. The first-order valence-electron chi connectivity index (χ1n) is 7.58. The molecule has 5 heteroatoms. The van der Waals surface area contributed by atoms with Crippen molar-refractivity contribution in [3.05, 3.63) is 68.9 Å². The van der Waals surface area contributed by atoms with Crippen LogP contribution in [-0.4, -0.2) is 11.6 Å². The van der Waals surface area contributed by atoms with Crippen LogP contribution in [0.5, 0.6) is 0 Å². The van der Waals surface area contributed by atoms with Gasteiger partial charge in [-0.1, -0.05) is 45.7 Å². The van der Waals surface area contributed by atoms with Gasteiger partial charge in [0.25, 0.3) is 0 Å². The molecule has 0 amide bonds. The Morgan fingerprint density at radius 3 is 2.29 bits per heavy atom. The molecule has 24 heavy (non-hydrogen) atoms. The molecule has 128 valence electrons. The van der Waals surface area contributed by atoms with Gasteiger partial charge in [0.15, 0.2) is 0 Å². The zero-order valence-electron chi connectivity index (χ0n) is 13.8. The van der Waals surface area contributed by atoms with Crippen LogP contribution in [-0.2, 0) is 9.53 Å². The molecule has 0 saturated heterocycles. The maximum absolute atomic E-state index is 13.5. The monoisotopic (exact) mass is 412 g/mol. The van der Waals surface area contributed by atoms with Crippen molar-refractivity contribution < 1.29 is 13.9 Å². The van der Waals surface area contributed by atoms with E-state index in [1.54, 1.807) is 12.1 Å². The van der Waals surface area contributed by atoms with Crippen LogP contribution >= 0.6 is 27.5 Å². The summed E-state index contributed by atoms with van der Waals surface area (Å²) >= 11 is 9.32. The Balaban J connectivity index is 2.35. The fraction of sp³-hybridized carbons (Fsp3) is 0.316. The van der Waals surface area contributed by atoms with E-state index in [-0.39, 0.29) is 23.3 Å². The van der Waals surface area contributed by atoms with Crippen LogP contribution in [0.1, 0.15) is 44.2 Å². The Morgan fingerprint density at radius 2 is 1.75 bits per heavy atom. The molecule has 0 N–H and O–H groups in total. The lowest BCUT2D eigenvalue weighted by Crippen LogP contribution is -2.25. The summed E-state index contributed by atoms with van der Waals surface area (Å²) in [6.07, 6.45) is 0.154. The first-order chi connectivity index (χ1) is 11.2. The second-order valence-corrected chi connectivity index (χ2v) is 7.89. The molecule has 0 aliphatic carbocycles. The number of ether oxygens (including phenoxy) is 1. The summed E-state index contributed by atoms with van der Waals surface area (Å²) in [7, 11) is 0. The van der Waals surface area contributed by atoms with Gasteiger partial charge in [-0.25, -0.2) is 4.39 Å². The molecule has 0 saturated carbocycles. The van der Waals surface area contributed by atoms with Crippen LogP contribution in [0.15, 0.2) is 46.9 Å². The SMILES string of the molecule is CC(C)(C)OC(=O)C[C@@H](c1ccc(Br)cc1)c1ccc(F)c(Cl)c1. The average molecular weight is 414 g/mol. The molecule has 2 rings (SSSR count). The summed E-state index contributed by atoms with van der Waals surface area (Å²) in [6, 6.07) is 12.2. The molecular formula is C19H19BrClFO2. The third-order valence-electron chi connectivity index (χ3n) is 3.41. The van der Waals surface area contributed by atoms with Crippen molar-refractivity contribution in [2.75, 3.05) is 0 Å². The maximum atomic E-state index is 13.5. The number of halogens is 3. The molecule has 0 bridgehead atoms. The Hall–Kier alpha value is -1.39. The minimum absolute atomic E-state index is 0.0406. The zero-order valence-corrected chi connectivity index (χ0v) is 16.1. The van der Waals surface area contributed by atoms with Crippen molar-refractivity contribution in [1.82, 2.24) is 0 Å². The highest BCUT2D eigenvalue weighted by atomic mass is 79.9. The van der Waals surface area contributed by atoms with E-state index in [4.69, 9.17) is 16.3 Å². The first kappa shape index (κ1) is 18.9. The van der Waals surface area contributed by atoms with Crippen molar-refractivity contribution in [1.29, 1.82) is 0 Å². The lowest BCUT2D eigenvalue weighted by Gasteiger charge is -2.23. The summed E-state index contributed by atoms with van der Waals surface area (Å²) in [5, 5.41) is 0.0406. The third-order valence-corrected chi connectivity index (χ3v) is 4.23. The Bertz CT molecular complexity index is 723. The Labute approximate surface area is 155 Å². The van der Waals surface area contributed by atoms with Gasteiger partial charge in [-0.15, -0.1) is 0 Å². The van der Waals surface area contributed by atoms with Crippen LogP contribution < -0.4 is 0 Å². The average Bonchev–Trinajstić information content (AvgIpc) is 2.47. The van der Waals surface area contributed by atoms with Crippen LogP contribution in [0.3, 0.4) is 0 Å². The molecule has 0 aromatic heterocycles. The standard InChI is InChI=1S/C19H19BrClFO2/c1-19(2,3)24-18(23)11-15(12-4-7-14(20)8-5-12)13-6-9-17(22)16(21)10-13/h4-10,15H,11H2,1-3H3/t15-/m0/s1. The third kappa shape index (κ3) is 5.32. The summed E-state index contributed by atoms with van der Waals surface area (Å²) < 4.78 is 19.9. The molecule has 0 spiro atoms. The number of benzene rings is 2. The number of hydrogen-bond donors (Lipinski definition) is 0. The fourth-order valence-electron chi connectivity index (χ4n) is 2.40. The van der Waals surface area contributed by atoms with E-state index in [0.717, 1.165) is 15.6 Å². The maximum Gasteiger partial charge on any atom is 0.307 e. The van der Waals surface area contributed by atoms with Gasteiger partial charge in [0.2, 0.25) is 0 Å². The van der Waals surface area contributed by atoms with Gasteiger partial charge in [-0.2, -0.15) is 0 Å². The summed E-state index contributed by atoms with van der Waals surface area (Å²) in [5.74, 6) is -1.05. The van der Waals surface area contributed by atoms with E-state index in [1.807, 2.05) is 45.0 Å². The highest BCUT2D eigenvalue weighted by molar-refractivity contribution is 9.10. The van der Waals surface area contributed by atoms with Crippen molar-refractivity contribution in [2.45, 2.75) is 38.7 Å². The van der Waals surface area contributed by atoms with Gasteiger partial charge >= 0.3 is 5.97 Å². The number of esters is 1. The minimum atomic E-state index is -0.554. The Kier molecular flexibility index (Phi) is 6.05. The second-order valence-electron chi connectivity index (χ2n) is 6.57. The number of carbonyl (C=O) groups excluding carboxylic acids is 1. The molecule has 0 heterocycles. The predicted octanol–water partition coefficient (Wildman–Crippen LogP) is 6.11. The number of hydrogen-bond acceptors (Lipinski definition) is 2. The van der Waals surface area contributed by atoms with Gasteiger partial charge in [0.05, 0.1) is 11.4 Å². The molecule has 0 unspecified atom stereocenters. The normalized spacial score (nSPS) is 12.8. The largest absolute Gasteiger partial charge is 0.460 e. The molecule has 0 aliphatic rings. The van der Waals surface area contributed by atoms with Gasteiger partial charge in [-0.3, -0.25) is 4.79 Å². The van der Waals surface area contributed by atoms with Crippen LogP contribution in [0.25, 0.3) is 0 Å². The lowest BCUT2D eigenvalue weighted by molar-refractivity contribution is -0.155. The number of carbonyl (C=O) groups is 1. The van der Waals surface area contributed by atoms with Crippen molar-refractivity contribution >= 4 is 33.5 Å². The molecule has 2 nitrogen and oxygen atoms in total. The summed E-state index contributed by atoms with van der Waals surface area (Å²) in [6.45, 7) is 5.48. The highest BCUT2D eigenvalue weighted by Crippen LogP contribution is 2.32. The number of rotatable bonds is 4. The van der Waals surface area contributed by atoms with Crippen LogP contribution in [0, 0.1) is 5.82 Å². The predicted molar refractivity (Wildman–Crippen MR) is 97.9 cm³/mol. The van der Waals surface area contributed by atoms with E-state index < -0.39 is 11.4 Å². The van der Waals surface area contributed by atoms with E-state index in [9.17, 15) is 9.18 Å². The first-order valence-corrected chi connectivity index (χ1v) is 8.75. The smallest absolute Gasteiger partial charge is 0.307 e. The Morgan fingerprint density at radius 1 is 1.17 bits per heavy atom. The minimum Gasteiger partial charge on any atom is -0.460 e. The molecule has 0 aliphatic heterocycles.